The molecule has 3 rings (SSSR count). The smallest absolute Gasteiger partial charge is 0.171 e. The van der Waals surface area contributed by atoms with E-state index in [1.807, 2.05) is 31.2 Å². The van der Waals surface area contributed by atoms with E-state index in [0.29, 0.717) is 0 Å². The van der Waals surface area contributed by atoms with Crippen LogP contribution < -0.4 is 0 Å². The molecule has 0 fully saturated rings. The molecule has 96 valence electrons. The van der Waals surface area contributed by atoms with Gasteiger partial charge in [0.25, 0.3) is 0 Å². The van der Waals surface area contributed by atoms with Crippen molar-refractivity contribution in [3.8, 4) is 0 Å². The minimum absolute atomic E-state index is 0.0788. The second-order valence-electron chi connectivity index (χ2n) is 5.02. The Kier molecular flexibility index (Phi) is 3.23. The number of pyridine rings is 1. The van der Waals surface area contributed by atoms with Crippen molar-refractivity contribution in [3.63, 3.8) is 0 Å². The minimum Gasteiger partial charge on any atom is -0.293 e. The average Bonchev–Trinajstić information content (AvgIpc) is 2.80. The Hall–Kier alpha value is -1.48. The Morgan fingerprint density at radius 2 is 2.21 bits per heavy atom. The predicted molar refractivity (Wildman–Crippen MR) is 78.5 cm³/mol. The molecule has 0 saturated heterocycles. The summed E-state index contributed by atoms with van der Waals surface area (Å²) in [6.07, 6.45) is 3.60. The van der Waals surface area contributed by atoms with Crippen molar-refractivity contribution in [3.05, 3.63) is 63.4 Å². The molecule has 1 aromatic heterocycles. The quantitative estimate of drug-likeness (QED) is 0.782. The van der Waals surface area contributed by atoms with Crippen molar-refractivity contribution in [1.29, 1.82) is 0 Å². The standard InChI is InChI=1S/C16H14BrNO/c1-10-7-12(9-13(17)8-10)16(19)14-5-4-11-3-2-6-18-15(11)14/h2-3,6-9,14H,4-5H2,1H3. The summed E-state index contributed by atoms with van der Waals surface area (Å²) in [7, 11) is 0. The molecule has 1 atom stereocenters. The maximum Gasteiger partial charge on any atom is 0.171 e. The van der Waals surface area contributed by atoms with E-state index in [2.05, 4.69) is 27.0 Å². The van der Waals surface area contributed by atoms with Gasteiger partial charge in [0.2, 0.25) is 0 Å². The zero-order valence-electron chi connectivity index (χ0n) is 10.7. The number of benzene rings is 1. The SMILES string of the molecule is Cc1cc(Br)cc(C(=O)C2CCc3cccnc32)c1. The van der Waals surface area contributed by atoms with E-state index in [1.165, 1.54) is 5.56 Å². The van der Waals surface area contributed by atoms with Gasteiger partial charge in [-0.1, -0.05) is 22.0 Å². The molecule has 1 heterocycles. The number of hydrogen-bond acceptors (Lipinski definition) is 2. The molecule has 1 aliphatic carbocycles. The molecule has 0 aliphatic heterocycles. The van der Waals surface area contributed by atoms with Crippen molar-refractivity contribution in [2.24, 2.45) is 0 Å². The molecule has 2 nitrogen and oxygen atoms in total. The lowest BCUT2D eigenvalue weighted by atomic mass is 9.94. The highest BCUT2D eigenvalue weighted by atomic mass is 79.9. The van der Waals surface area contributed by atoms with E-state index in [9.17, 15) is 4.79 Å². The Bertz CT molecular complexity index is 631. The maximum absolute atomic E-state index is 12.7. The molecule has 1 aromatic carbocycles. The Labute approximate surface area is 121 Å². The van der Waals surface area contributed by atoms with E-state index in [1.54, 1.807) is 6.20 Å². The van der Waals surface area contributed by atoms with Gasteiger partial charge in [-0.25, -0.2) is 0 Å². The summed E-state index contributed by atoms with van der Waals surface area (Å²) in [5.41, 5.74) is 4.05. The van der Waals surface area contributed by atoms with Crippen LogP contribution in [-0.2, 0) is 6.42 Å². The summed E-state index contributed by atoms with van der Waals surface area (Å²) in [4.78, 5) is 17.1. The lowest BCUT2D eigenvalue weighted by Crippen LogP contribution is -2.11. The molecule has 0 N–H and O–H groups in total. The van der Waals surface area contributed by atoms with E-state index < -0.39 is 0 Å². The number of halogens is 1. The molecule has 0 saturated carbocycles. The molecule has 0 radical (unpaired) electrons. The van der Waals surface area contributed by atoms with Crippen molar-refractivity contribution >= 4 is 21.7 Å². The summed E-state index contributed by atoms with van der Waals surface area (Å²) in [6.45, 7) is 2.00. The summed E-state index contributed by atoms with van der Waals surface area (Å²) in [5, 5.41) is 0. The third-order valence-electron chi connectivity index (χ3n) is 3.60. The zero-order chi connectivity index (χ0) is 13.4. The van der Waals surface area contributed by atoms with Gasteiger partial charge in [0.15, 0.2) is 5.78 Å². The van der Waals surface area contributed by atoms with E-state index in [-0.39, 0.29) is 11.7 Å². The Morgan fingerprint density at radius 3 is 3.00 bits per heavy atom. The van der Waals surface area contributed by atoms with Gasteiger partial charge in [-0.05, 0) is 55.2 Å². The summed E-state index contributed by atoms with van der Waals surface area (Å²) < 4.78 is 0.954. The average molecular weight is 316 g/mol. The summed E-state index contributed by atoms with van der Waals surface area (Å²) >= 11 is 3.45. The number of carbonyl (C=O) groups is 1. The fourth-order valence-corrected chi connectivity index (χ4v) is 3.36. The second-order valence-corrected chi connectivity index (χ2v) is 5.94. The Morgan fingerprint density at radius 1 is 1.37 bits per heavy atom. The molecule has 3 heteroatoms. The number of aryl methyl sites for hydroxylation is 2. The van der Waals surface area contributed by atoms with Gasteiger partial charge in [0, 0.05) is 16.2 Å². The van der Waals surface area contributed by atoms with Crippen LogP contribution >= 0.6 is 15.9 Å². The molecule has 2 aromatic rings. The second kappa shape index (κ2) is 4.89. The highest BCUT2D eigenvalue weighted by Crippen LogP contribution is 2.34. The first-order valence-electron chi connectivity index (χ1n) is 6.40. The molecule has 1 aliphatic rings. The predicted octanol–water partition coefficient (Wildman–Crippen LogP) is 4.07. The first-order chi connectivity index (χ1) is 9.15. The number of aromatic nitrogens is 1. The van der Waals surface area contributed by atoms with Crippen molar-refractivity contribution in [2.45, 2.75) is 25.7 Å². The number of ketones is 1. The zero-order valence-corrected chi connectivity index (χ0v) is 12.3. The van der Waals surface area contributed by atoms with Gasteiger partial charge in [0.05, 0.1) is 11.6 Å². The van der Waals surface area contributed by atoms with Crippen LogP contribution in [0.1, 0.15) is 39.5 Å². The number of carbonyl (C=O) groups excluding carboxylic acids is 1. The molecule has 0 spiro atoms. The number of Topliss-reactive ketones (excluding diaryl/α,β-unsaturated/α-hetero) is 1. The first-order valence-corrected chi connectivity index (χ1v) is 7.19. The van der Waals surface area contributed by atoms with E-state index in [0.717, 1.165) is 34.1 Å². The minimum atomic E-state index is -0.0788. The lowest BCUT2D eigenvalue weighted by molar-refractivity contribution is 0.0958. The van der Waals surface area contributed by atoms with Gasteiger partial charge < -0.3 is 0 Å². The molecule has 19 heavy (non-hydrogen) atoms. The largest absolute Gasteiger partial charge is 0.293 e. The fraction of sp³-hybridized carbons (Fsp3) is 0.250. The number of fused-ring (bicyclic) bond motifs is 1. The normalized spacial score (nSPS) is 17.3. The molecule has 1 unspecified atom stereocenters. The van der Waals surface area contributed by atoms with Crippen molar-refractivity contribution < 1.29 is 4.79 Å². The topological polar surface area (TPSA) is 30.0 Å². The maximum atomic E-state index is 12.7. The number of hydrogen-bond donors (Lipinski definition) is 0. The van der Waals surface area contributed by atoms with Crippen LogP contribution in [0.3, 0.4) is 0 Å². The van der Waals surface area contributed by atoms with Gasteiger partial charge in [-0.15, -0.1) is 0 Å². The molecule has 0 bridgehead atoms. The summed E-state index contributed by atoms with van der Waals surface area (Å²) in [6, 6.07) is 9.87. The van der Waals surface area contributed by atoms with Crippen LogP contribution in [-0.4, -0.2) is 10.8 Å². The monoisotopic (exact) mass is 315 g/mol. The van der Waals surface area contributed by atoms with Gasteiger partial charge in [-0.2, -0.15) is 0 Å². The Balaban J connectivity index is 1.98. The third-order valence-corrected chi connectivity index (χ3v) is 4.06. The highest BCUT2D eigenvalue weighted by molar-refractivity contribution is 9.10. The van der Waals surface area contributed by atoms with Crippen LogP contribution in [0, 0.1) is 6.92 Å². The van der Waals surface area contributed by atoms with Gasteiger partial charge in [0.1, 0.15) is 0 Å². The molecule has 0 amide bonds. The van der Waals surface area contributed by atoms with Crippen LogP contribution in [0.15, 0.2) is 41.0 Å². The number of nitrogens with zero attached hydrogens (tertiary/aromatic N) is 1. The van der Waals surface area contributed by atoms with Gasteiger partial charge in [-0.3, -0.25) is 9.78 Å². The van der Waals surface area contributed by atoms with Gasteiger partial charge >= 0.3 is 0 Å². The van der Waals surface area contributed by atoms with Crippen LogP contribution in [0.5, 0.6) is 0 Å². The lowest BCUT2D eigenvalue weighted by Gasteiger charge is -2.10. The fourth-order valence-electron chi connectivity index (χ4n) is 2.75. The molecular weight excluding hydrogens is 302 g/mol. The number of rotatable bonds is 2. The van der Waals surface area contributed by atoms with E-state index in [4.69, 9.17) is 0 Å². The van der Waals surface area contributed by atoms with Crippen molar-refractivity contribution in [1.82, 2.24) is 4.98 Å². The van der Waals surface area contributed by atoms with Crippen molar-refractivity contribution in [2.75, 3.05) is 0 Å². The third kappa shape index (κ3) is 2.35. The molecular formula is C16H14BrNO. The van der Waals surface area contributed by atoms with Crippen LogP contribution in [0.4, 0.5) is 0 Å². The van der Waals surface area contributed by atoms with E-state index >= 15 is 0 Å². The summed E-state index contributed by atoms with van der Waals surface area (Å²) in [5.74, 6) is 0.103. The van der Waals surface area contributed by atoms with Crippen LogP contribution in [0.25, 0.3) is 0 Å². The highest BCUT2D eigenvalue weighted by Gasteiger charge is 2.30. The first kappa shape index (κ1) is 12.5. The van der Waals surface area contributed by atoms with Crippen LogP contribution in [0.2, 0.25) is 0 Å².